The number of likely N-dealkylation sites (tertiary alicyclic amines) is 1. The van der Waals surface area contributed by atoms with Gasteiger partial charge in [-0.05, 0) is 37.8 Å². The molecule has 0 radical (unpaired) electrons. The molecule has 1 atom stereocenters. The molecule has 1 saturated heterocycles. The Morgan fingerprint density at radius 1 is 1.36 bits per heavy atom. The van der Waals surface area contributed by atoms with E-state index in [1.807, 2.05) is 0 Å². The van der Waals surface area contributed by atoms with Crippen molar-refractivity contribution < 1.29 is 5.11 Å². The third-order valence-electron chi connectivity index (χ3n) is 3.52. The van der Waals surface area contributed by atoms with Crippen LogP contribution < -0.4 is 5.73 Å². The minimum Gasteiger partial charge on any atom is -0.395 e. The van der Waals surface area contributed by atoms with Crippen LogP contribution in [0.1, 0.15) is 26.7 Å². The first kappa shape index (κ1) is 12.0. The molecule has 3 N–H and O–H groups in total. The maximum Gasteiger partial charge on any atom is 0.0599 e. The summed E-state index contributed by atoms with van der Waals surface area (Å²) in [6, 6.07) is 0.183. The van der Waals surface area contributed by atoms with Gasteiger partial charge in [0.15, 0.2) is 0 Å². The lowest BCUT2D eigenvalue weighted by atomic mass is 9.86. The maximum atomic E-state index is 9.13. The van der Waals surface area contributed by atoms with Gasteiger partial charge in [0.05, 0.1) is 6.61 Å². The van der Waals surface area contributed by atoms with Gasteiger partial charge in [-0.1, -0.05) is 13.8 Å². The second-order valence-corrected chi connectivity index (χ2v) is 4.69. The van der Waals surface area contributed by atoms with Crippen LogP contribution in [0.4, 0.5) is 0 Å². The Morgan fingerprint density at radius 3 is 2.29 bits per heavy atom. The third kappa shape index (κ3) is 2.94. The highest BCUT2D eigenvalue weighted by Crippen LogP contribution is 2.25. The zero-order chi connectivity index (χ0) is 10.6. The maximum absolute atomic E-state index is 9.13. The van der Waals surface area contributed by atoms with Crippen molar-refractivity contribution in [1.82, 2.24) is 4.90 Å². The summed E-state index contributed by atoms with van der Waals surface area (Å²) in [6.07, 6.45) is 2.52. The van der Waals surface area contributed by atoms with E-state index in [9.17, 15) is 0 Å². The van der Waals surface area contributed by atoms with Crippen molar-refractivity contribution in [3.8, 4) is 0 Å². The van der Waals surface area contributed by atoms with E-state index in [1.165, 1.54) is 12.8 Å². The number of hydrogen-bond acceptors (Lipinski definition) is 3. The lowest BCUT2D eigenvalue weighted by molar-refractivity contribution is 0.0807. The van der Waals surface area contributed by atoms with Crippen molar-refractivity contribution in [3.63, 3.8) is 0 Å². The normalized spacial score (nSPS) is 22.9. The monoisotopic (exact) mass is 200 g/mol. The molecular weight excluding hydrogens is 176 g/mol. The summed E-state index contributed by atoms with van der Waals surface area (Å²) in [6.45, 7) is 7.57. The number of piperidine rings is 1. The lowest BCUT2D eigenvalue weighted by Gasteiger charge is -2.37. The number of aliphatic hydroxyl groups excluding tert-OH is 1. The zero-order valence-electron chi connectivity index (χ0n) is 9.45. The molecule has 1 fully saturated rings. The Labute approximate surface area is 87.3 Å². The average Bonchev–Trinajstić information content (AvgIpc) is 2.20. The first-order valence-corrected chi connectivity index (χ1v) is 5.74. The van der Waals surface area contributed by atoms with Crippen molar-refractivity contribution in [2.24, 2.45) is 17.6 Å². The highest BCUT2D eigenvalue weighted by Gasteiger charge is 2.25. The van der Waals surface area contributed by atoms with Crippen LogP contribution >= 0.6 is 0 Å². The molecule has 0 spiro atoms. The van der Waals surface area contributed by atoms with E-state index in [1.54, 1.807) is 0 Å². The molecule has 3 nitrogen and oxygen atoms in total. The van der Waals surface area contributed by atoms with Gasteiger partial charge in [0, 0.05) is 12.6 Å². The van der Waals surface area contributed by atoms with Crippen LogP contribution in [0.25, 0.3) is 0 Å². The Morgan fingerprint density at radius 2 is 1.93 bits per heavy atom. The quantitative estimate of drug-likeness (QED) is 0.701. The summed E-state index contributed by atoms with van der Waals surface area (Å²) in [5, 5.41) is 9.13. The van der Waals surface area contributed by atoms with E-state index in [0.29, 0.717) is 6.54 Å². The summed E-state index contributed by atoms with van der Waals surface area (Å²) in [5.74, 6) is 1.66. The van der Waals surface area contributed by atoms with Gasteiger partial charge in [0.1, 0.15) is 0 Å². The molecule has 84 valence electrons. The summed E-state index contributed by atoms with van der Waals surface area (Å²) in [5.41, 5.74) is 5.61. The van der Waals surface area contributed by atoms with Crippen LogP contribution in [-0.4, -0.2) is 42.3 Å². The molecule has 0 saturated carbocycles. The van der Waals surface area contributed by atoms with Gasteiger partial charge >= 0.3 is 0 Å². The second kappa shape index (κ2) is 5.69. The highest BCUT2D eigenvalue weighted by molar-refractivity contribution is 4.79. The number of nitrogens with two attached hydrogens (primary N) is 1. The molecule has 0 amide bonds. The molecule has 0 aromatic heterocycles. The summed E-state index contributed by atoms with van der Waals surface area (Å²) >= 11 is 0. The van der Waals surface area contributed by atoms with E-state index in [4.69, 9.17) is 10.8 Å². The molecular formula is C11H24N2O. The van der Waals surface area contributed by atoms with Crippen molar-refractivity contribution >= 4 is 0 Å². The van der Waals surface area contributed by atoms with Crippen molar-refractivity contribution in [2.75, 3.05) is 26.2 Å². The summed E-state index contributed by atoms with van der Waals surface area (Å²) in [4.78, 5) is 2.33. The Bertz CT molecular complexity index is 149. The SMILES string of the molecule is CC(C)C1CCN(C(CN)CO)CC1. The summed E-state index contributed by atoms with van der Waals surface area (Å²) in [7, 11) is 0. The predicted octanol–water partition coefficient (Wildman–Crippen LogP) is 0.674. The molecule has 14 heavy (non-hydrogen) atoms. The van der Waals surface area contributed by atoms with Gasteiger partial charge in [-0.15, -0.1) is 0 Å². The van der Waals surface area contributed by atoms with Crippen LogP contribution in [0.3, 0.4) is 0 Å². The molecule has 0 aliphatic carbocycles. The van der Waals surface area contributed by atoms with Crippen molar-refractivity contribution in [1.29, 1.82) is 0 Å². The summed E-state index contributed by atoms with van der Waals surface area (Å²) < 4.78 is 0. The van der Waals surface area contributed by atoms with Gasteiger partial charge in [-0.2, -0.15) is 0 Å². The Kier molecular flexibility index (Phi) is 4.85. The number of nitrogens with zero attached hydrogens (tertiary/aromatic N) is 1. The van der Waals surface area contributed by atoms with Crippen LogP contribution in [0.15, 0.2) is 0 Å². The van der Waals surface area contributed by atoms with Crippen molar-refractivity contribution in [2.45, 2.75) is 32.7 Å². The molecule has 0 aromatic carbocycles. The standard InChI is InChI=1S/C11H24N2O/c1-9(2)10-3-5-13(6-4-10)11(7-12)8-14/h9-11,14H,3-8,12H2,1-2H3. The first-order chi connectivity index (χ1) is 6.69. The van der Waals surface area contributed by atoms with Gasteiger partial charge in [-0.3, -0.25) is 4.90 Å². The minimum absolute atomic E-state index is 0.183. The fourth-order valence-electron chi connectivity index (χ4n) is 2.29. The van der Waals surface area contributed by atoms with Gasteiger partial charge in [0.2, 0.25) is 0 Å². The predicted molar refractivity (Wildman–Crippen MR) is 59.1 cm³/mol. The molecule has 1 rings (SSSR count). The molecule has 1 aliphatic heterocycles. The largest absolute Gasteiger partial charge is 0.395 e. The van der Waals surface area contributed by atoms with Gasteiger partial charge in [0.25, 0.3) is 0 Å². The highest BCUT2D eigenvalue weighted by atomic mass is 16.3. The molecule has 3 heteroatoms. The zero-order valence-corrected chi connectivity index (χ0v) is 9.45. The van der Waals surface area contributed by atoms with E-state index in [-0.39, 0.29) is 12.6 Å². The van der Waals surface area contributed by atoms with Gasteiger partial charge < -0.3 is 10.8 Å². The van der Waals surface area contributed by atoms with E-state index < -0.39 is 0 Å². The minimum atomic E-state index is 0.183. The van der Waals surface area contributed by atoms with E-state index in [0.717, 1.165) is 24.9 Å². The Balaban J connectivity index is 2.34. The first-order valence-electron chi connectivity index (χ1n) is 5.74. The molecule has 0 bridgehead atoms. The molecule has 0 aromatic rings. The van der Waals surface area contributed by atoms with Crippen LogP contribution in [0, 0.1) is 11.8 Å². The van der Waals surface area contributed by atoms with Crippen LogP contribution in [0.5, 0.6) is 0 Å². The second-order valence-electron chi connectivity index (χ2n) is 4.69. The fourth-order valence-corrected chi connectivity index (χ4v) is 2.29. The molecule has 1 heterocycles. The van der Waals surface area contributed by atoms with Crippen molar-refractivity contribution in [3.05, 3.63) is 0 Å². The Hall–Kier alpha value is -0.120. The lowest BCUT2D eigenvalue weighted by Crippen LogP contribution is -2.47. The van der Waals surface area contributed by atoms with Crippen LogP contribution in [-0.2, 0) is 0 Å². The number of rotatable bonds is 4. The number of hydrogen-bond donors (Lipinski definition) is 2. The van der Waals surface area contributed by atoms with Crippen LogP contribution in [0.2, 0.25) is 0 Å². The third-order valence-corrected chi connectivity index (χ3v) is 3.52. The van der Waals surface area contributed by atoms with E-state index in [2.05, 4.69) is 18.7 Å². The smallest absolute Gasteiger partial charge is 0.0599 e. The van der Waals surface area contributed by atoms with Gasteiger partial charge in [-0.25, -0.2) is 0 Å². The molecule has 1 aliphatic rings. The fraction of sp³-hybridized carbons (Fsp3) is 1.00. The molecule has 1 unspecified atom stereocenters. The van der Waals surface area contributed by atoms with E-state index >= 15 is 0 Å². The topological polar surface area (TPSA) is 49.5 Å². The number of aliphatic hydroxyl groups is 1. The average molecular weight is 200 g/mol.